The third kappa shape index (κ3) is 7.94. The van der Waals surface area contributed by atoms with Crippen molar-refractivity contribution in [2.24, 2.45) is 0 Å². The number of alkyl halides is 3. The minimum absolute atomic E-state index is 0.347. The number of halogens is 3. The van der Waals surface area contributed by atoms with Crippen LogP contribution in [0.3, 0.4) is 0 Å². The van der Waals surface area contributed by atoms with Crippen LogP contribution in [0, 0.1) is 24.8 Å². The zero-order valence-corrected chi connectivity index (χ0v) is 37.6. The Kier molecular flexibility index (Phi) is 10.9. The molecule has 0 radical (unpaired) electrons. The maximum atomic E-state index is 14.8. The quantitative estimate of drug-likeness (QED) is 0.143. The van der Waals surface area contributed by atoms with E-state index in [1.165, 1.54) is 12.1 Å². The van der Waals surface area contributed by atoms with Gasteiger partial charge in [0.1, 0.15) is 0 Å². The van der Waals surface area contributed by atoms with E-state index in [1.54, 1.807) is 18.2 Å². The second-order valence-corrected chi connectivity index (χ2v) is 17.1. The molecule has 9 aromatic carbocycles. The predicted octanol–water partition coefficient (Wildman–Crippen LogP) is 17.0. The Balaban J connectivity index is 1.28. The number of hydrogen-bond acceptors (Lipinski definition) is 3. The average molecular weight is 910 g/mol. The van der Waals surface area contributed by atoms with Gasteiger partial charge in [-0.15, -0.1) is 0 Å². The highest BCUT2D eigenvalue weighted by atomic mass is 19.4. The molecule has 2 heterocycles. The molecule has 11 aromatic rings. The zero-order chi connectivity index (χ0) is 47.9. The molecule has 0 aliphatic heterocycles. The third-order valence-corrected chi connectivity index (χ3v) is 12.7. The van der Waals surface area contributed by atoms with Crippen LogP contribution < -0.4 is 0 Å². The number of fused-ring (bicyclic) bond motifs is 3. The summed E-state index contributed by atoms with van der Waals surface area (Å²) in [7, 11) is 0. The normalized spacial score (nSPS) is 11.4. The summed E-state index contributed by atoms with van der Waals surface area (Å²) in [5, 5.41) is 11.9. The van der Waals surface area contributed by atoms with Crippen LogP contribution in [0.4, 0.5) is 18.9 Å². The minimum atomic E-state index is -4.62. The van der Waals surface area contributed by atoms with E-state index < -0.39 is 11.7 Å². The van der Waals surface area contributed by atoms with Crippen LogP contribution in [0.1, 0.15) is 16.7 Å². The summed E-state index contributed by atoms with van der Waals surface area (Å²) in [6.45, 7) is 10.0. The number of para-hydroxylation sites is 1. The number of hydrogen-bond donors (Lipinski definition) is 0. The molecule has 2 aromatic heterocycles. The van der Waals surface area contributed by atoms with Crippen molar-refractivity contribution in [2.45, 2.75) is 13.1 Å². The summed E-state index contributed by atoms with van der Waals surface area (Å²) < 4.78 is 46.6. The summed E-state index contributed by atoms with van der Waals surface area (Å²) in [5.41, 5.74) is 12.9. The molecule has 0 amide bonds. The Morgan fingerprint density at radius 2 is 1.00 bits per heavy atom. The van der Waals surface area contributed by atoms with E-state index in [0.29, 0.717) is 50.8 Å². The molecule has 0 aliphatic rings. The Morgan fingerprint density at radius 1 is 0.486 bits per heavy atom. The van der Waals surface area contributed by atoms with Gasteiger partial charge in [0.2, 0.25) is 0 Å². The molecule has 0 saturated carbocycles. The molecule has 0 N–H and O–H groups in total. The number of aromatic nitrogens is 3. The van der Waals surface area contributed by atoms with Gasteiger partial charge in [-0.2, -0.15) is 18.4 Å². The first-order chi connectivity index (χ1) is 34.1. The van der Waals surface area contributed by atoms with E-state index in [-0.39, 0.29) is 0 Å². The van der Waals surface area contributed by atoms with Crippen LogP contribution in [-0.4, -0.2) is 14.5 Å². The molecule has 5 nitrogen and oxygen atoms in total. The lowest BCUT2D eigenvalue weighted by Crippen LogP contribution is -2.06. The van der Waals surface area contributed by atoms with Gasteiger partial charge in [-0.05, 0) is 101 Å². The molecular weight excluding hydrogens is 872 g/mol. The molecule has 0 aliphatic carbocycles. The Bertz CT molecular complexity index is 3740. The summed E-state index contributed by atoms with van der Waals surface area (Å²) in [4.78, 5) is 14.2. The van der Waals surface area contributed by atoms with E-state index in [2.05, 4.69) is 39.7 Å². The molecule has 8 heteroatoms. The van der Waals surface area contributed by atoms with Crippen LogP contribution in [0.2, 0.25) is 0 Å². The fraction of sp³-hybridized carbons (Fsp3) is 0.0323. The fourth-order valence-corrected chi connectivity index (χ4v) is 9.46. The van der Waals surface area contributed by atoms with E-state index in [0.717, 1.165) is 77.9 Å². The highest BCUT2D eigenvalue weighted by molar-refractivity contribution is 6.13. The zero-order valence-electron chi connectivity index (χ0n) is 37.6. The van der Waals surface area contributed by atoms with Gasteiger partial charge in [0, 0.05) is 38.6 Å². The molecule has 332 valence electrons. The molecule has 0 spiro atoms. The average Bonchev–Trinajstić information content (AvgIpc) is 3.73. The highest BCUT2D eigenvalue weighted by Crippen LogP contribution is 2.47. The van der Waals surface area contributed by atoms with Gasteiger partial charge in [0.25, 0.3) is 0 Å². The largest absolute Gasteiger partial charge is 0.416 e. The lowest BCUT2D eigenvalue weighted by Gasteiger charge is -2.22. The topological polar surface area (TPSA) is 58.9 Å². The van der Waals surface area contributed by atoms with Crippen molar-refractivity contribution < 1.29 is 13.2 Å². The predicted molar refractivity (Wildman–Crippen MR) is 275 cm³/mol. The van der Waals surface area contributed by atoms with Gasteiger partial charge >= 0.3 is 6.18 Å². The molecule has 0 bridgehead atoms. The van der Waals surface area contributed by atoms with Gasteiger partial charge in [0.05, 0.1) is 51.9 Å². The van der Waals surface area contributed by atoms with Gasteiger partial charge in [0.15, 0.2) is 11.5 Å². The van der Waals surface area contributed by atoms with E-state index in [1.807, 2.05) is 159 Å². The molecule has 0 atom stereocenters. The Hall–Kier alpha value is -9.37. The maximum Gasteiger partial charge on any atom is 0.416 e. The van der Waals surface area contributed by atoms with Crippen molar-refractivity contribution >= 4 is 27.5 Å². The first-order valence-corrected chi connectivity index (χ1v) is 22.6. The number of nitriles is 1. The Morgan fingerprint density at radius 3 is 1.59 bits per heavy atom. The van der Waals surface area contributed by atoms with Crippen LogP contribution in [-0.2, 0) is 6.18 Å². The monoisotopic (exact) mass is 909 g/mol. The van der Waals surface area contributed by atoms with E-state index in [4.69, 9.17) is 16.5 Å². The van der Waals surface area contributed by atoms with Gasteiger partial charge < -0.3 is 4.57 Å². The van der Waals surface area contributed by atoms with Crippen molar-refractivity contribution in [3.8, 4) is 90.2 Å². The smallest absolute Gasteiger partial charge is 0.308 e. The van der Waals surface area contributed by atoms with Gasteiger partial charge in [-0.1, -0.05) is 157 Å². The lowest BCUT2D eigenvalue weighted by atomic mass is 9.91. The van der Waals surface area contributed by atoms with Crippen molar-refractivity contribution in [3.63, 3.8) is 0 Å². The van der Waals surface area contributed by atoms with Gasteiger partial charge in [-0.25, -0.2) is 14.8 Å². The van der Waals surface area contributed by atoms with Crippen molar-refractivity contribution in [3.05, 3.63) is 240 Å². The third-order valence-electron chi connectivity index (χ3n) is 12.7. The maximum absolute atomic E-state index is 14.8. The van der Waals surface area contributed by atoms with Crippen LogP contribution in [0.25, 0.3) is 111 Å². The number of rotatable bonds is 8. The van der Waals surface area contributed by atoms with Crippen molar-refractivity contribution in [2.75, 3.05) is 0 Å². The number of nitrogens with zero attached hydrogens (tertiary/aromatic N) is 5. The first-order valence-electron chi connectivity index (χ1n) is 22.6. The molecular formula is C62H38F3N5. The summed E-state index contributed by atoms with van der Waals surface area (Å²) in [5.74, 6) is 0.403. The highest BCUT2D eigenvalue weighted by Gasteiger charge is 2.31. The fourth-order valence-electron chi connectivity index (χ4n) is 9.46. The minimum Gasteiger partial charge on any atom is -0.308 e. The molecule has 0 fully saturated rings. The number of benzene rings is 9. The number of aryl methyl sites for hydroxylation is 1. The second kappa shape index (κ2) is 17.7. The summed E-state index contributed by atoms with van der Waals surface area (Å²) >= 11 is 0. The van der Waals surface area contributed by atoms with Crippen molar-refractivity contribution in [1.29, 1.82) is 5.26 Å². The van der Waals surface area contributed by atoms with Crippen molar-refractivity contribution in [1.82, 2.24) is 14.5 Å². The Labute approximate surface area is 402 Å². The van der Waals surface area contributed by atoms with Crippen LogP contribution in [0.15, 0.2) is 212 Å². The molecule has 0 saturated heterocycles. The van der Waals surface area contributed by atoms with Crippen LogP contribution in [0.5, 0.6) is 0 Å². The summed E-state index contributed by atoms with van der Waals surface area (Å²) in [6, 6.07) is 68.7. The summed E-state index contributed by atoms with van der Waals surface area (Å²) in [6.07, 6.45) is -4.62. The standard InChI is InChI=1S/C62H38F3N5/c1-39-15-13-21-42(31-39)51-35-47(61-68-56(40-16-5-3-6-17-40)37-57(69-61)41-18-7-4-8-19-41)36-52(43-22-14-23-48(32-43)62(63,64)65)60(51)70-58-29-27-44(49-24-10-9-20-46(49)38-66)33-53(58)54-34-45(28-30-59(54)70)50-25-11-12-26-55(50)67-2/h3-37H,1H3. The van der Waals surface area contributed by atoms with Crippen LogP contribution >= 0.6 is 0 Å². The lowest BCUT2D eigenvalue weighted by molar-refractivity contribution is -0.137. The molecule has 70 heavy (non-hydrogen) atoms. The first kappa shape index (κ1) is 43.2. The van der Waals surface area contributed by atoms with E-state index in [9.17, 15) is 18.4 Å². The van der Waals surface area contributed by atoms with E-state index >= 15 is 0 Å². The van der Waals surface area contributed by atoms with Gasteiger partial charge in [-0.3, -0.25) is 0 Å². The SMILES string of the molecule is [C-]#[N+]c1ccccc1-c1ccc2c(c1)c1cc(-c3ccccc3C#N)ccc1n2-c1c(-c2cccc(C)c2)cc(-c2nc(-c3ccccc3)cc(-c3ccccc3)n2)cc1-c1cccc(C(F)(F)F)c1. The molecule has 0 unspecified atom stereocenters. The molecule has 11 rings (SSSR count). The second-order valence-electron chi connectivity index (χ2n) is 17.1.